The van der Waals surface area contributed by atoms with Gasteiger partial charge in [0.2, 0.25) is 0 Å². The summed E-state index contributed by atoms with van der Waals surface area (Å²) in [6.07, 6.45) is 0. The Hall–Kier alpha value is -1.06. The lowest BCUT2D eigenvalue weighted by Crippen LogP contribution is -2.34. The maximum Gasteiger partial charge on any atom is 0.143 e. The van der Waals surface area contributed by atoms with Crippen molar-refractivity contribution in [3.05, 3.63) is 29.8 Å². The van der Waals surface area contributed by atoms with Gasteiger partial charge in [-0.2, -0.15) is 0 Å². The lowest BCUT2D eigenvalue weighted by molar-refractivity contribution is -0.0840. The number of aromatic hydroxyl groups is 1. The predicted molar refractivity (Wildman–Crippen MR) is 58.6 cm³/mol. The van der Waals surface area contributed by atoms with Crippen LogP contribution in [0.4, 0.5) is 0 Å². The lowest BCUT2D eigenvalue weighted by atomic mass is 10.1. The summed E-state index contributed by atoms with van der Waals surface area (Å²) >= 11 is 0. The number of phenolic OH excluding ortho intramolecular Hbond substituents is 1. The SMILES string of the molecule is CC1(C)CNC(C)(c2cccc(O)c2)O1. The van der Waals surface area contributed by atoms with Crippen molar-refractivity contribution in [2.24, 2.45) is 0 Å². The van der Waals surface area contributed by atoms with E-state index in [0.717, 1.165) is 12.1 Å². The van der Waals surface area contributed by atoms with Gasteiger partial charge in [-0.05, 0) is 32.9 Å². The fourth-order valence-electron chi connectivity index (χ4n) is 1.97. The molecule has 1 unspecified atom stereocenters. The predicted octanol–water partition coefficient (Wildman–Crippen LogP) is 1.96. The van der Waals surface area contributed by atoms with Crippen LogP contribution in [0, 0.1) is 0 Å². The van der Waals surface area contributed by atoms with Crippen molar-refractivity contribution in [3.63, 3.8) is 0 Å². The van der Waals surface area contributed by atoms with Crippen LogP contribution < -0.4 is 5.32 Å². The molecule has 2 N–H and O–H groups in total. The minimum absolute atomic E-state index is 0.166. The van der Waals surface area contributed by atoms with E-state index in [1.165, 1.54) is 0 Å². The maximum absolute atomic E-state index is 9.43. The molecule has 1 fully saturated rings. The molecule has 1 aromatic carbocycles. The van der Waals surface area contributed by atoms with E-state index >= 15 is 0 Å². The zero-order valence-electron chi connectivity index (χ0n) is 9.37. The van der Waals surface area contributed by atoms with Gasteiger partial charge in [-0.1, -0.05) is 12.1 Å². The molecular formula is C12H17NO2. The average molecular weight is 207 g/mol. The van der Waals surface area contributed by atoms with Crippen LogP contribution in [0.5, 0.6) is 5.75 Å². The normalized spacial score (nSPS) is 29.3. The van der Waals surface area contributed by atoms with E-state index in [1.54, 1.807) is 12.1 Å². The molecule has 1 aliphatic heterocycles. The molecule has 0 saturated carbocycles. The number of hydrogen-bond donors (Lipinski definition) is 2. The third kappa shape index (κ3) is 1.98. The Kier molecular flexibility index (Phi) is 2.24. The molecule has 15 heavy (non-hydrogen) atoms. The minimum Gasteiger partial charge on any atom is -0.508 e. The Labute approximate surface area is 90.1 Å². The van der Waals surface area contributed by atoms with Gasteiger partial charge in [0.15, 0.2) is 0 Å². The van der Waals surface area contributed by atoms with E-state index in [0.29, 0.717) is 0 Å². The number of benzene rings is 1. The average Bonchev–Trinajstić information content (AvgIpc) is 2.42. The van der Waals surface area contributed by atoms with E-state index in [2.05, 4.69) is 5.32 Å². The molecule has 0 aliphatic carbocycles. The second-order valence-corrected chi connectivity index (χ2v) is 4.80. The van der Waals surface area contributed by atoms with Crippen LogP contribution in [-0.4, -0.2) is 17.3 Å². The van der Waals surface area contributed by atoms with Crippen LogP contribution in [0.1, 0.15) is 26.3 Å². The Morgan fingerprint density at radius 3 is 2.60 bits per heavy atom. The number of ether oxygens (including phenoxy) is 1. The van der Waals surface area contributed by atoms with E-state index in [1.807, 2.05) is 32.9 Å². The summed E-state index contributed by atoms with van der Waals surface area (Å²) in [7, 11) is 0. The van der Waals surface area contributed by atoms with Gasteiger partial charge in [-0.25, -0.2) is 0 Å². The number of phenols is 1. The van der Waals surface area contributed by atoms with E-state index in [-0.39, 0.29) is 11.4 Å². The van der Waals surface area contributed by atoms with E-state index < -0.39 is 5.72 Å². The first-order chi connectivity index (χ1) is 6.91. The van der Waals surface area contributed by atoms with Gasteiger partial charge in [-0.15, -0.1) is 0 Å². The highest BCUT2D eigenvalue weighted by atomic mass is 16.5. The van der Waals surface area contributed by atoms with Crippen molar-refractivity contribution in [1.29, 1.82) is 0 Å². The zero-order chi connectivity index (χ0) is 11.1. The van der Waals surface area contributed by atoms with Crippen LogP contribution >= 0.6 is 0 Å². The van der Waals surface area contributed by atoms with Gasteiger partial charge in [-0.3, -0.25) is 5.32 Å². The van der Waals surface area contributed by atoms with Crippen molar-refractivity contribution < 1.29 is 9.84 Å². The first-order valence-corrected chi connectivity index (χ1v) is 5.16. The molecule has 0 radical (unpaired) electrons. The zero-order valence-corrected chi connectivity index (χ0v) is 9.37. The van der Waals surface area contributed by atoms with Crippen LogP contribution in [0.2, 0.25) is 0 Å². The molecule has 3 heteroatoms. The Morgan fingerprint density at radius 1 is 1.33 bits per heavy atom. The first-order valence-electron chi connectivity index (χ1n) is 5.16. The van der Waals surface area contributed by atoms with Gasteiger partial charge >= 0.3 is 0 Å². The molecular weight excluding hydrogens is 190 g/mol. The number of rotatable bonds is 1. The molecule has 0 aromatic heterocycles. The van der Waals surface area contributed by atoms with Crippen molar-refractivity contribution >= 4 is 0 Å². The van der Waals surface area contributed by atoms with E-state index in [4.69, 9.17) is 4.74 Å². The van der Waals surface area contributed by atoms with Gasteiger partial charge in [0.05, 0.1) is 5.60 Å². The highest BCUT2D eigenvalue weighted by Crippen LogP contribution is 2.34. The van der Waals surface area contributed by atoms with E-state index in [9.17, 15) is 5.11 Å². The highest BCUT2D eigenvalue weighted by Gasteiger charge is 2.41. The summed E-state index contributed by atoms with van der Waals surface area (Å²) < 4.78 is 5.96. The molecule has 1 aromatic rings. The van der Waals surface area contributed by atoms with Crippen LogP contribution in [0.3, 0.4) is 0 Å². The fraction of sp³-hybridized carbons (Fsp3) is 0.500. The monoisotopic (exact) mass is 207 g/mol. The third-order valence-corrected chi connectivity index (χ3v) is 2.73. The molecule has 0 amide bonds. The summed E-state index contributed by atoms with van der Waals surface area (Å²) in [5.41, 5.74) is 0.288. The second kappa shape index (κ2) is 3.22. The van der Waals surface area contributed by atoms with Crippen molar-refractivity contribution in [2.75, 3.05) is 6.54 Å². The summed E-state index contributed by atoms with van der Waals surface area (Å²) in [6, 6.07) is 7.17. The summed E-state index contributed by atoms with van der Waals surface area (Å²) in [5, 5.41) is 12.8. The van der Waals surface area contributed by atoms with Crippen molar-refractivity contribution in [3.8, 4) is 5.75 Å². The number of nitrogens with one attached hydrogen (secondary N) is 1. The molecule has 3 nitrogen and oxygen atoms in total. The fourth-order valence-corrected chi connectivity index (χ4v) is 1.97. The van der Waals surface area contributed by atoms with Crippen LogP contribution in [-0.2, 0) is 10.5 Å². The molecule has 2 rings (SSSR count). The van der Waals surface area contributed by atoms with Gasteiger partial charge in [0, 0.05) is 12.1 Å². The molecule has 82 valence electrons. The third-order valence-electron chi connectivity index (χ3n) is 2.73. The summed E-state index contributed by atoms with van der Waals surface area (Å²) in [6.45, 7) is 6.89. The topological polar surface area (TPSA) is 41.5 Å². The Morgan fingerprint density at radius 2 is 2.07 bits per heavy atom. The number of hydrogen-bond acceptors (Lipinski definition) is 3. The molecule has 0 bridgehead atoms. The largest absolute Gasteiger partial charge is 0.508 e. The quantitative estimate of drug-likeness (QED) is 0.739. The maximum atomic E-state index is 9.43. The molecule has 1 saturated heterocycles. The van der Waals surface area contributed by atoms with Gasteiger partial charge < -0.3 is 9.84 Å². The van der Waals surface area contributed by atoms with Crippen LogP contribution in [0.15, 0.2) is 24.3 Å². The molecule has 1 atom stereocenters. The van der Waals surface area contributed by atoms with Crippen LogP contribution in [0.25, 0.3) is 0 Å². The lowest BCUT2D eigenvalue weighted by Gasteiger charge is -2.27. The second-order valence-electron chi connectivity index (χ2n) is 4.80. The molecule has 0 spiro atoms. The molecule has 1 heterocycles. The van der Waals surface area contributed by atoms with Crippen molar-refractivity contribution in [1.82, 2.24) is 5.32 Å². The van der Waals surface area contributed by atoms with Crippen molar-refractivity contribution in [2.45, 2.75) is 32.1 Å². The van der Waals surface area contributed by atoms with Gasteiger partial charge in [0.25, 0.3) is 0 Å². The summed E-state index contributed by atoms with van der Waals surface area (Å²) in [4.78, 5) is 0. The minimum atomic E-state index is -0.498. The smallest absolute Gasteiger partial charge is 0.143 e. The molecule has 1 aliphatic rings. The summed E-state index contributed by atoms with van der Waals surface area (Å²) in [5.74, 6) is 0.267. The standard InChI is InChI=1S/C12H17NO2/c1-11(2)8-13-12(3,15-11)9-5-4-6-10(14)7-9/h4-7,13-14H,8H2,1-3H3. The Balaban J connectivity index is 2.31. The first kappa shape index (κ1) is 10.5. The Bertz CT molecular complexity index is 376. The highest BCUT2D eigenvalue weighted by molar-refractivity contribution is 5.31. The van der Waals surface area contributed by atoms with Gasteiger partial charge in [0.1, 0.15) is 11.5 Å².